The Bertz CT molecular complexity index is 704. The van der Waals surface area contributed by atoms with Gasteiger partial charge in [0.05, 0.1) is 11.4 Å². The van der Waals surface area contributed by atoms with Crippen LogP contribution in [0.15, 0.2) is 24.3 Å². The van der Waals surface area contributed by atoms with Crippen molar-refractivity contribution in [2.75, 3.05) is 23.5 Å². The lowest BCUT2D eigenvalue weighted by molar-refractivity contribution is -0.123. The molecule has 0 bridgehead atoms. The number of carbonyl (C=O) groups excluding carboxylic acids is 3. The zero-order valence-electron chi connectivity index (χ0n) is 15.4. The van der Waals surface area contributed by atoms with E-state index in [1.165, 1.54) is 22.2 Å². The second-order valence-corrected chi connectivity index (χ2v) is 8.00. The number of urea groups is 1. The number of piperidine rings is 1. The van der Waals surface area contributed by atoms with Gasteiger partial charge in [-0.05, 0) is 42.7 Å². The van der Waals surface area contributed by atoms with Crippen LogP contribution in [0.2, 0.25) is 0 Å². The van der Waals surface area contributed by atoms with E-state index in [1.807, 2.05) is 30.5 Å². The van der Waals surface area contributed by atoms with Crippen LogP contribution in [-0.2, 0) is 9.59 Å². The third-order valence-corrected chi connectivity index (χ3v) is 5.55. The first-order valence-electron chi connectivity index (χ1n) is 8.95. The average Bonchev–Trinajstić information content (AvgIpc) is 2.86. The fourth-order valence-electron chi connectivity index (χ4n) is 3.58. The van der Waals surface area contributed by atoms with E-state index in [1.54, 1.807) is 4.90 Å². The third-order valence-electron chi connectivity index (χ3n) is 5.00. The van der Waals surface area contributed by atoms with Gasteiger partial charge in [0.1, 0.15) is 6.04 Å². The fraction of sp³-hybridized carbons (Fsp3) is 0.526. The van der Waals surface area contributed by atoms with Crippen LogP contribution >= 0.6 is 11.8 Å². The molecular formula is C19H25N3O3S. The molecule has 1 aromatic rings. The Hall–Kier alpha value is -2.02. The summed E-state index contributed by atoms with van der Waals surface area (Å²) < 4.78 is 0. The first-order valence-corrected chi connectivity index (χ1v) is 10.3. The molecule has 6 nitrogen and oxygen atoms in total. The normalized spacial score (nSPS) is 22.8. The number of hydrogen-bond donors (Lipinski definition) is 1. The van der Waals surface area contributed by atoms with Crippen molar-refractivity contribution in [1.29, 1.82) is 0 Å². The number of fused-ring (bicyclic) bond motifs is 1. The molecule has 0 aromatic heterocycles. The standard InChI is InChI=1S/C19H25N3O3S/c1-12(2)13-4-6-15(7-5-13)22-18(24)16-10-14(20-17(23)11-26-3)8-9-21(16)19(22)25/h4-7,12,14,16H,8-11H2,1-3H3,(H,20,23)/t14-,16-/m0/s1. The average molecular weight is 375 g/mol. The van der Waals surface area contributed by atoms with Gasteiger partial charge in [0.15, 0.2) is 0 Å². The van der Waals surface area contributed by atoms with Crippen LogP contribution in [0.3, 0.4) is 0 Å². The molecule has 0 radical (unpaired) electrons. The van der Waals surface area contributed by atoms with Crippen LogP contribution < -0.4 is 10.2 Å². The highest BCUT2D eigenvalue weighted by molar-refractivity contribution is 7.99. The van der Waals surface area contributed by atoms with E-state index in [-0.39, 0.29) is 23.9 Å². The van der Waals surface area contributed by atoms with Gasteiger partial charge in [0, 0.05) is 12.6 Å². The Kier molecular flexibility index (Phi) is 5.55. The smallest absolute Gasteiger partial charge is 0.332 e. The summed E-state index contributed by atoms with van der Waals surface area (Å²) in [6.07, 6.45) is 3.03. The minimum atomic E-state index is -0.486. The van der Waals surface area contributed by atoms with Crippen LogP contribution in [0.4, 0.5) is 10.5 Å². The van der Waals surface area contributed by atoms with Crippen molar-refractivity contribution in [3.63, 3.8) is 0 Å². The van der Waals surface area contributed by atoms with E-state index in [0.717, 1.165) is 0 Å². The molecule has 0 spiro atoms. The molecule has 2 fully saturated rings. The topological polar surface area (TPSA) is 69.7 Å². The lowest BCUT2D eigenvalue weighted by Gasteiger charge is -2.32. The number of rotatable bonds is 5. The zero-order chi connectivity index (χ0) is 18.8. The van der Waals surface area contributed by atoms with Gasteiger partial charge < -0.3 is 10.2 Å². The molecule has 2 aliphatic rings. The predicted octanol–water partition coefficient (Wildman–Crippen LogP) is 2.59. The van der Waals surface area contributed by atoms with Crippen LogP contribution in [0.25, 0.3) is 0 Å². The Morgan fingerprint density at radius 2 is 1.96 bits per heavy atom. The second kappa shape index (κ2) is 7.70. The molecule has 0 aliphatic carbocycles. The Morgan fingerprint density at radius 1 is 1.27 bits per heavy atom. The van der Waals surface area contributed by atoms with Crippen molar-refractivity contribution >= 4 is 35.3 Å². The van der Waals surface area contributed by atoms with E-state index in [4.69, 9.17) is 0 Å². The van der Waals surface area contributed by atoms with Crippen molar-refractivity contribution in [2.45, 2.75) is 44.7 Å². The van der Waals surface area contributed by atoms with Gasteiger partial charge in [-0.2, -0.15) is 11.8 Å². The van der Waals surface area contributed by atoms with Gasteiger partial charge in [-0.3, -0.25) is 9.59 Å². The summed E-state index contributed by atoms with van der Waals surface area (Å²) in [5, 5.41) is 2.97. The quantitative estimate of drug-likeness (QED) is 0.803. The minimum Gasteiger partial charge on any atom is -0.352 e. The highest BCUT2D eigenvalue weighted by Crippen LogP contribution is 2.31. The zero-order valence-corrected chi connectivity index (χ0v) is 16.2. The predicted molar refractivity (Wildman–Crippen MR) is 103 cm³/mol. The molecule has 1 aromatic carbocycles. The number of benzene rings is 1. The summed E-state index contributed by atoms with van der Waals surface area (Å²) in [7, 11) is 0. The summed E-state index contributed by atoms with van der Waals surface area (Å²) in [5.41, 5.74) is 1.78. The van der Waals surface area contributed by atoms with Gasteiger partial charge in [0.2, 0.25) is 5.91 Å². The molecular weight excluding hydrogens is 350 g/mol. The lowest BCUT2D eigenvalue weighted by Crippen LogP contribution is -2.50. The number of thioether (sulfide) groups is 1. The summed E-state index contributed by atoms with van der Waals surface area (Å²) >= 11 is 1.47. The number of hydrogen-bond acceptors (Lipinski definition) is 4. The molecule has 3 rings (SSSR count). The van der Waals surface area contributed by atoms with Crippen LogP contribution in [0.1, 0.15) is 38.2 Å². The van der Waals surface area contributed by atoms with Gasteiger partial charge in [-0.15, -0.1) is 0 Å². The molecule has 2 saturated heterocycles. The Balaban J connectivity index is 1.73. The molecule has 26 heavy (non-hydrogen) atoms. The molecule has 140 valence electrons. The molecule has 1 N–H and O–H groups in total. The first kappa shape index (κ1) is 18.8. The SMILES string of the molecule is CSCC(=O)N[C@H]1CCN2C(=O)N(c3ccc(C(C)C)cc3)C(=O)[C@@H]2C1. The number of imide groups is 1. The van der Waals surface area contributed by atoms with Gasteiger partial charge in [-0.25, -0.2) is 9.69 Å². The van der Waals surface area contributed by atoms with Crippen LogP contribution in [0.5, 0.6) is 0 Å². The molecule has 7 heteroatoms. The number of amides is 4. The molecule has 2 aliphatic heterocycles. The molecule has 2 atom stereocenters. The van der Waals surface area contributed by atoms with Crippen LogP contribution in [-0.4, -0.2) is 53.4 Å². The molecule has 4 amide bonds. The molecule has 0 saturated carbocycles. The summed E-state index contributed by atoms with van der Waals surface area (Å²) in [5.74, 6) is 0.586. The summed E-state index contributed by atoms with van der Waals surface area (Å²) in [6.45, 7) is 4.69. The van der Waals surface area contributed by atoms with Crippen molar-refractivity contribution < 1.29 is 14.4 Å². The van der Waals surface area contributed by atoms with Gasteiger partial charge in [-0.1, -0.05) is 26.0 Å². The Labute approximate surface area is 158 Å². The van der Waals surface area contributed by atoms with Crippen molar-refractivity contribution in [2.24, 2.45) is 0 Å². The van der Waals surface area contributed by atoms with Crippen molar-refractivity contribution in [3.8, 4) is 0 Å². The Morgan fingerprint density at radius 3 is 2.58 bits per heavy atom. The lowest BCUT2D eigenvalue weighted by atomic mass is 9.98. The molecule has 0 unspecified atom stereocenters. The maximum absolute atomic E-state index is 12.9. The largest absolute Gasteiger partial charge is 0.352 e. The van der Waals surface area contributed by atoms with E-state index in [0.29, 0.717) is 36.7 Å². The monoisotopic (exact) mass is 375 g/mol. The number of nitrogens with zero attached hydrogens (tertiary/aromatic N) is 2. The van der Waals surface area contributed by atoms with Crippen LogP contribution in [0, 0.1) is 0 Å². The summed E-state index contributed by atoms with van der Waals surface area (Å²) in [6, 6.07) is 6.79. The number of nitrogens with one attached hydrogen (secondary N) is 1. The van der Waals surface area contributed by atoms with E-state index in [2.05, 4.69) is 19.2 Å². The second-order valence-electron chi connectivity index (χ2n) is 7.13. The fourth-order valence-corrected chi connectivity index (χ4v) is 3.92. The highest BCUT2D eigenvalue weighted by atomic mass is 32.2. The first-order chi connectivity index (χ1) is 12.4. The summed E-state index contributed by atoms with van der Waals surface area (Å²) in [4.78, 5) is 40.3. The maximum atomic E-state index is 12.9. The number of carbonyl (C=O) groups is 3. The molecule has 2 heterocycles. The highest BCUT2D eigenvalue weighted by Gasteiger charge is 2.48. The minimum absolute atomic E-state index is 0.0196. The van der Waals surface area contributed by atoms with E-state index >= 15 is 0 Å². The third kappa shape index (κ3) is 3.58. The van der Waals surface area contributed by atoms with E-state index < -0.39 is 6.04 Å². The van der Waals surface area contributed by atoms with Crippen molar-refractivity contribution in [1.82, 2.24) is 10.2 Å². The van der Waals surface area contributed by atoms with Gasteiger partial charge in [0.25, 0.3) is 5.91 Å². The van der Waals surface area contributed by atoms with Gasteiger partial charge >= 0.3 is 6.03 Å². The number of anilines is 1. The maximum Gasteiger partial charge on any atom is 0.332 e. The van der Waals surface area contributed by atoms with E-state index in [9.17, 15) is 14.4 Å². The van der Waals surface area contributed by atoms with Crippen molar-refractivity contribution in [3.05, 3.63) is 29.8 Å².